The van der Waals surface area contributed by atoms with Crippen LogP contribution in [-0.2, 0) is 6.54 Å². The molecule has 0 atom stereocenters. The smallest absolute Gasteiger partial charge is 0.280 e. The van der Waals surface area contributed by atoms with Crippen molar-refractivity contribution < 1.29 is 13.6 Å². The van der Waals surface area contributed by atoms with Crippen LogP contribution in [0, 0.1) is 20.8 Å². The van der Waals surface area contributed by atoms with Crippen LogP contribution in [-0.4, -0.2) is 30.3 Å². The Labute approximate surface area is 181 Å². The van der Waals surface area contributed by atoms with Crippen LogP contribution in [0.3, 0.4) is 0 Å². The average Bonchev–Trinajstić information content (AvgIpc) is 3.23. The number of hydrogen-bond acceptors (Lipinski definition) is 4. The molecule has 10 heteroatoms. The zero-order chi connectivity index (χ0) is 22.3. The van der Waals surface area contributed by atoms with Crippen molar-refractivity contribution in [3.8, 4) is 0 Å². The summed E-state index contributed by atoms with van der Waals surface area (Å²) < 4.78 is 29.4. The SMILES string of the molecule is Cc1cc(C(F)F)n2ncc(C(=O)Nc3c(C)nn(Cc4cccc(Cl)c4)c3C)c2n1. The third kappa shape index (κ3) is 4.00. The van der Waals surface area contributed by atoms with E-state index in [0.29, 0.717) is 28.6 Å². The Balaban J connectivity index is 1.64. The van der Waals surface area contributed by atoms with Gasteiger partial charge < -0.3 is 5.32 Å². The standard InChI is InChI=1S/C21H19ClF2N6O/c1-11-7-17(19(23)24)30-20(26-11)16(9-25-30)21(31)27-18-12(2)28-29(13(18)3)10-14-5-4-6-15(22)8-14/h4-9,19H,10H2,1-3H3,(H,27,31). The molecule has 0 aliphatic carbocycles. The maximum atomic E-state index is 13.3. The monoisotopic (exact) mass is 444 g/mol. The number of hydrogen-bond donors (Lipinski definition) is 1. The van der Waals surface area contributed by atoms with Crippen molar-refractivity contribution >= 4 is 28.8 Å². The molecule has 1 N–H and O–H groups in total. The zero-order valence-corrected chi connectivity index (χ0v) is 17.8. The van der Waals surface area contributed by atoms with Crippen molar-refractivity contribution in [1.82, 2.24) is 24.4 Å². The van der Waals surface area contributed by atoms with E-state index in [9.17, 15) is 13.6 Å². The zero-order valence-electron chi connectivity index (χ0n) is 17.0. The highest BCUT2D eigenvalue weighted by atomic mass is 35.5. The maximum absolute atomic E-state index is 13.3. The van der Waals surface area contributed by atoms with Crippen LogP contribution in [0.5, 0.6) is 0 Å². The topological polar surface area (TPSA) is 77.1 Å². The van der Waals surface area contributed by atoms with E-state index in [1.54, 1.807) is 24.6 Å². The van der Waals surface area contributed by atoms with Crippen molar-refractivity contribution in [3.05, 3.63) is 75.5 Å². The Morgan fingerprint density at radius 3 is 2.71 bits per heavy atom. The number of amides is 1. The number of carbonyl (C=O) groups is 1. The molecule has 0 aliphatic rings. The highest BCUT2D eigenvalue weighted by Crippen LogP contribution is 2.25. The molecule has 4 aromatic rings. The van der Waals surface area contributed by atoms with Gasteiger partial charge in [-0.2, -0.15) is 10.2 Å². The number of halogens is 3. The van der Waals surface area contributed by atoms with Gasteiger partial charge in [0.05, 0.1) is 29.8 Å². The minimum Gasteiger partial charge on any atom is -0.319 e. The van der Waals surface area contributed by atoms with E-state index in [-0.39, 0.29) is 16.9 Å². The van der Waals surface area contributed by atoms with Crippen molar-refractivity contribution in [1.29, 1.82) is 0 Å². The van der Waals surface area contributed by atoms with E-state index < -0.39 is 12.3 Å². The number of alkyl halides is 2. The predicted molar refractivity (Wildman–Crippen MR) is 113 cm³/mol. The number of benzene rings is 1. The molecule has 0 spiro atoms. The number of fused-ring (bicyclic) bond motifs is 1. The summed E-state index contributed by atoms with van der Waals surface area (Å²) in [5.74, 6) is -0.498. The second kappa shape index (κ2) is 8.07. The molecule has 160 valence electrons. The van der Waals surface area contributed by atoms with Gasteiger partial charge in [0, 0.05) is 10.7 Å². The number of anilines is 1. The third-order valence-electron chi connectivity index (χ3n) is 4.94. The van der Waals surface area contributed by atoms with Gasteiger partial charge >= 0.3 is 0 Å². The first-order valence-corrected chi connectivity index (χ1v) is 9.85. The van der Waals surface area contributed by atoms with Crippen LogP contribution >= 0.6 is 11.6 Å². The molecule has 0 saturated heterocycles. The lowest BCUT2D eigenvalue weighted by Gasteiger charge is -2.08. The molecule has 3 heterocycles. The van der Waals surface area contributed by atoms with Gasteiger partial charge in [-0.3, -0.25) is 9.48 Å². The quantitative estimate of drug-likeness (QED) is 0.482. The first kappa shape index (κ1) is 20.9. The van der Waals surface area contributed by atoms with Crippen LogP contribution in [0.2, 0.25) is 5.02 Å². The molecule has 7 nitrogen and oxygen atoms in total. The van der Waals surface area contributed by atoms with Crippen molar-refractivity contribution in [2.45, 2.75) is 33.7 Å². The lowest BCUT2D eigenvalue weighted by molar-refractivity contribution is 0.102. The minimum absolute atomic E-state index is 0.0782. The van der Waals surface area contributed by atoms with Gasteiger partial charge in [-0.15, -0.1) is 0 Å². The van der Waals surface area contributed by atoms with E-state index in [0.717, 1.165) is 15.8 Å². The van der Waals surface area contributed by atoms with Gasteiger partial charge in [0.25, 0.3) is 12.3 Å². The Kier molecular flexibility index (Phi) is 5.45. The van der Waals surface area contributed by atoms with Crippen molar-refractivity contribution in [2.24, 2.45) is 0 Å². The number of nitrogens with zero attached hydrogens (tertiary/aromatic N) is 5. The predicted octanol–water partition coefficient (Wildman–Crippen LogP) is 4.74. The molecule has 31 heavy (non-hydrogen) atoms. The van der Waals surface area contributed by atoms with Crippen LogP contribution in [0.15, 0.2) is 36.5 Å². The van der Waals surface area contributed by atoms with Gasteiger partial charge in [0.1, 0.15) is 11.3 Å². The summed E-state index contributed by atoms with van der Waals surface area (Å²) in [7, 11) is 0. The average molecular weight is 445 g/mol. The molecule has 0 bridgehead atoms. The van der Waals surface area contributed by atoms with Crippen molar-refractivity contribution in [3.63, 3.8) is 0 Å². The summed E-state index contributed by atoms with van der Waals surface area (Å²) >= 11 is 6.06. The molecule has 0 aliphatic heterocycles. The first-order valence-electron chi connectivity index (χ1n) is 9.48. The fourth-order valence-electron chi connectivity index (χ4n) is 3.45. The van der Waals surface area contributed by atoms with E-state index in [2.05, 4.69) is 20.5 Å². The van der Waals surface area contributed by atoms with E-state index in [1.807, 2.05) is 25.1 Å². The number of rotatable bonds is 5. The molecular formula is C21H19ClF2N6O. The van der Waals surface area contributed by atoms with E-state index in [1.165, 1.54) is 12.3 Å². The lowest BCUT2D eigenvalue weighted by Crippen LogP contribution is -2.14. The van der Waals surface area contributed by atoms with Gasteiger partial charge in [0.15, 0.2) is 5.65 Å². The minimum atomic E-state index is -2.74. The van der Waals surface area contributed by atoms with Crippen molar-refractivity contribution in [2.75, 3.05) is 5.32 Å². The van der Waals surface area contributed by atoms with E-state index >= 15 is 0 Å². The maximum Gasteiger partial charge on any atom is 0.280 e. The second-order valence-electron chi connectivity index (χ2n) is 7.20. The lowest BCUT2D eigenvalue weighted by atomic mass is 10.2. The number of aryl methyl sites for hydroxylation is 2. The summed E-state index contributed by atoms with van der Waals surface area (Å²) in [6.07, 6.45) is -1.50. The van der Waals surface area contributed by atoms with E-state index in [4.69, 9.17) is 11.6 Å². The van der Waals surface area contributed by atoms with Gasteiger partial charge in [-0.05, 0) is 44.5 Å². The fourth-order valence-corrected chi connectivity index (χ4v) is 3.66. The Morgan fingerprint density at radius 1 is 1.23 bits per heavy atom. The molecule has 0 unspecified atom stereocenters. The first-order chi connectivity index (χ1) is 14.7. The summed E-state index contributed by atoms with van der Waals surface area (Å²) in [5, 5.41) is 11.9. The second-order valence-corrected chi connectivity index (χ2v) is 7.64. The number of aromatic nitrogens is 5. The summed E-state index contributed by atoms with van der Waals surface area (Å²) in [5.41, 5.74) is 3.14. The number of carbonyl (C=O) groups excluding carboxylic acids is 1. The van der Waals surface area contributed by atoms with Crippen LogP contribution in [0.25, 0.3) is 5.65 Å². The molecule has 4 rings (SSSR count). The Morgan fingerprint density at radius 2 is 2.00 bits per heavy atom. The largest absolute Gasteiger partial charge is 0.319 e. The molecule has 0 fully saturated rings. The Hall–Kier alpha value is -3.33. The van der Waals surface area contributed by atoms with Gasteiger partial charge in [-0.1, -0.05) is 23.7 Å². The molecular weight excluding hydrogens is 426 g/mol. The van der Waals surface area contributed by atoms with Gasteiger partial charge in [0.2, 0.25) is 0 Å². The summed E-state index contributed by atoms with van der Waals surface area (Å²) in [6.45, 7) is 5.70. The molecule has 0 saturated carbocycles. The molecule has 3 aromatic heterocycles. The molecule has 0 radical (unpaired) electrons. The Bertz CT molecular complexity index is 1300. The summed E-state index contributed by atoms with van der Waals surface area (Å²) in [6, 6.07) is 8.70. The molecule has 1 aromatic carbocycles. The summed E-state index contributed by atoms with van der Waals surface area (Å²) in [4.78, 5) is 17.2. The van der Waals surface area contributed by atoms with Crippen LogP contribution in [0.4, 0.5) is 14.5 Å². The van der Waals surface area contributed by atoms with Crippen LogP contribution in [0.1, 0.15) is 45.1 Å². The normalized spacial score (nSPS) is 11.5. The van der Waals surface area contributed by atoms with Gasteiger partial charge in [-0.25, -0.2) is 18.3 Å². The van der Waals surface area contributed by atoms with Crippen LogP contribution < -0.4 is 5.32 Å². The number of nitrogens with one attached hydrogen (secondary N) is 1. The third-order valence-corrected chi connectivity index (χ3v) is 5.17. The fraction of sp³-hybridized carbons (Fsp3) is 0.238. The highest BCUT2D eigenvalue weighted by molar-refractivity contribution is 6.30. The highest BCUT2D eigenvalue weighted by Gasteiger charge is 2.22. The molecule has 1 amide bonds.